The summed E-state index contributed by atoms with van der Waals surface area (Å²) in [7, 11) is 0. The van der Waals surface area contributed by atoms with Crippen molar-refractivity contribution in [3.05, 3.63) is 41.5 Å². The van der Waals surface area contributed by atoms with Crippen molar-refractivity contribution >= 4 is 29.2 Å². The number of para-hydroxylation sites is 1. The van der Waals surface area contributed by atoms with Crippen LogP contribution < -0.4 is 10.7 Å². The summed E-state index contributed by atoms with van der Waals surface area (Å²) in [6, 6.07) is 9.44. The molecule has 2 heterocycles. The van der Waals surface area contributed by atoms with Crippen molar-refractivity contribution in [2.24, 2.45) is 10.8 Å². The molecule has 104 valence electrons. The maximum atomic E-state index is 12.8. The lowest BCUT2D eigenvalue weighted by Crippen LogP contribution is -2.48. The Bertz CT molecular complexity index is 623. The lowest BCUT2D eigenvalue weighted by molar-refractivity contribution is -0.118. The fourth-order valence-electron chi connectivity index (χ4n) is 2.49. The molecular weight excluding hydrogens is 270 g/mol. The number of anilines is 1. The summed E-state index contributed by atoms with van der Waals surface area (Å²) in [5.74, 6) is 1.22. The van der Waals surface area contributed by atoms with Crippen LogP contribution in [-0.4, -0.2) is 22.2 Å². The number of carbonyl (C=O) groups excluding carboxylic acids is 1. The third kappa shape index (κ3) is 1.85. The molecule has 0 saturated carbocycles. The minimum absolute atomic E-state index is 0.0296. The zero-order valence-electron chi connectivity index (χ0n) is 11.6. The molecule has 2 N–H and O–H groups in total. The summed E-state index contributed by atoms with van der Waals surface area (Å²) in [6.07, 6.45) is 0.654. The van der Waals surface area contributed by atoms with E-state index in [4.69, 9.17) is 5.73 Å². The number of thioether (sulfide) groups is 1. The Kier molecular flexibility index (Phi) is 3.09. The molecule has 1 aromatic rings. The largest absolute Gasteiger partial charge is 0.384 e. The van der Waals surface area contributed by atoms with Gasteiger partial charge in [-0.15, -0.1) is 11.8 Å². The maximum absolute atomic E-state index is 12.8. The second-order valence-electron chi connectivity index (χ2n) is 5.29. The van der Waals surface area contributed by atoms with Gasteiger partial charge in [0.05, 0.1) is 5.69 Å². The molecular formula is C15H17N3OS. The van der Waals surface area contributed by atoms with Crippen LogP contribution in [0.1, 0.15) is 20.3 Å². The summed E-state index contributed by atoms with van der Waals surface area (Å²) in [4.78, 5) is 12.8. The number of rotatable bonds is 1. The van der Waals surface area contributed by atoms with Gasteiger partial charge in [-0.3, -0.25) is 4.79 Å². The molecule has 1 atom stereocenters. The summed E-state index contributed by atoms with van der Waals surface area (Å²) >= 11 is 1.59. The van der Waals surface area contributed by atoms with Crippen molar-refractivity contribution in [3.8, 4) is 0 Å². The minimum Gasteiger partial charge on any atom is -0.384 e. The van der Waals surface area contributed by atoms with Crippen molar-refractivity contribution in [3.63, 3.8) is 0 Å². The number of nitrogens with two attached hydrogens (primary N) is 1. The van der Waals surface area contributed by atoms with Gasteiger partial charge in [0.2, 0.25) is 0 Å². The van der Waals surface area contributed by atoms with Crippen LogP contribution in [-0.2, 0) is 4.79 Å². The first kappa shape index (κ1) is 13.2. The number of benzene rings is 1. The Morgan fingerprint density at radius 1 is 1.25 bits per heavy atom. The van der Waals surface area contributed by atoms with Crippen LogP contribution in [0, 0.1) is 0 Å². The highest BCUT2D eigenvalue weighted by molar-refractivity contribution is 8.02. The lowest BCUT2D eigenvalue weighted by atomic mass is 9.94. The van der Waals surface area contributed by atoms with Crippen molar-refractivity contribution in [1.29, 1.82) is 0 Å². The summed E-state index contributed by atoms with van der Waals surface area (Å²) < 4.78 is -0.709. The monoisotopic (exact) mass is 287 g/mol. The van der Waals surface area contributed by atoms with Crippen LogP contribution in [0.3, 0.4) is 0 Å². The fourth-order valence-corrected chi connectivity index (χ4v) is 3.92. The van der Waals surface area contributed by atoms with Gasteiger partial charge >= 0.3 is 0 Å². The number of hydrazone groups is 1. The van der Waals surface area contributed by atoms with Gasteiger partial charge in [0.25, 0.3) is 5.91 Å². The molecule has 3 rings (SSSR count). The highest BCUT2D eigenvalue weighted by Crippen LogP contribution is 2.44. The van der Waals surface area contributed by atoms with E-state index in [-0.39, 0.29) is 5.91 Å². The Labute approximate surface area is 122 Å². The molecule has 1 spiro atoms. The molecule has 5 heteroatoms. The van der Waals surface area contributed by atoms with Crippen molar-refractivity contribution in [2.75, 3.05) is 10.8 Å². The van der Waals surface area contributed by atoms with Crippen molar-refractivity contribution in [2.45, 2.75) is 25.0 Å². The Hall–Kier alpha value is -1.75. The topological polar surface area (TPSA) is 58.7 Å². The lowest BCUT2D eigenvalue weighted by Gasteiger charge is -2.32. The third-order valence-corrected chi connectivity index (χ3v) is 5.54. The number of nitrogens with zero attached hydrogens (tertiary/aromatic N) is 2. The van der Waals surface area contributed by atoms with E-state index in [1.54, 1.807) is 11.8 Å². The predicted octanol–water partition coefficient (Wildman–Crippen LogP) is 2.52. The maximum Gasteiger partial charge on any atom is 0.271 e. The van der Waals surface area contributed by atoms with Crippen molar-refractivity contribution < 1.29 is 4.79 Å². The molecule has 0 aromatic heterocycles. The standard InChI is InChI=1S/C15H17N3OS/c1-10-8-15(20-9-11(10)2)13(16)17-18(14(15)19)12-6-4-3-5-7-12/h3-7H,8-9H2,1-2H3,(H2,16,17)/t15-/m0/s1. The van der Waals surface area contributed by atoms with Gasteiger partial charge in [-0.05, 0) is 32.4 Å². The molecule has 2 aliphatic rings. The molecule has 20 heavy (non-hydrogen) atoms. The molecule has 0 saturated heterocycles. The summed E-state index contributed by atoms with van der Waals surface area (Å²) in [6.45, 7) is 4.18. The average Bonchev–Trinajstić information content (AvgIpc) is 2.69. The normalized spacial score (nSPS) is 26.4. The van der Waals surface area contributed by atoms with E-state index >= 15 is 0 Å². The van der Waals surface area contributed by atoms with Crippen molar-refractivity contribution in [1.82, 2.24) is 0 Å². The summed E-state index contributed by atoms with van der Waals surface area (Å²) in [5.41, 5.74) is 9.45. The SMILES string of the molecule is CC1=C(C)C[C@@]2(SC1)C(=O)N(c1ccccc1)N=C2N. The van der Waals surface area contributed by atoms with Crippen LogP contribution in [0.25, 0.3) is 0 Å². The molecule has 0 bridgehead atoms. The second-order valence-corrected chi connectivity index (χ2v) is 6.57. The molecule has 4 nitrogen and oxygen atoms in total. The first-order valence-corrected chi connectivity index (χ1v) is 7.56. The molecule has 1 aromatic carbocycles. The van der Waals surface area contributed by atoms with Gasteiger partial charge in [-0.2, -0.15) is 10.1 Å². The first-order valence-electron chi connectivity index (χ1n) is 6.58. The van der Waals surface area contributed by atoms with Crippen LogP contribution in [0.4, 0.5) is 5.69 Å². The van der Waals surface area contributed by atoms with Crippen LogP contribution >= 0.6 is 11.8 Å². The van der Waals surface area contributed by atoms with Crippen LogP contribution in [0.5, 0.6) is 0 Å². The fraction of sp³-hybridized carbons (Fsp3) is 0.333. The minimum atomic E-state index is -0.709. The van der Waals surface area contributed by atoms with Crippen LogP contribution in [0.2, 0.25) is 0 Å². The quantitative estimate of drug-likeness (QED) is 0.807. The zero-order chi connectivity index (χ0) is 14.3. The smallest absolute Gasteiger partial charge is 0.271 e. The van der Waals surface area contributed by atoms with E-state index in [1.165, 1.54) is 16.2 Å². The molecule has 2 aliphatic heterocycles. The highest BCUT2D eigenvalue weighted by Gasteiger charge is 2.52. The molecule has 0 unspecified atom stereocenters. The Morgan fingerprint density at radius 3 is 2.60 bits per heavy atom. The van der Waals surface area contributed by atoms with Gasteiger partial charge in [0.15, 0.2) is 4.75 Å². The van der Waals surface area contributed by atoms with Gasteiger partial charge in [-0.1, -0.05) is 29.3 Å². The van der Waals surface area contributed by atoms with E-state index in [9.17, 15) is 4.79 Å². The molecule has 1 amide bonds. The van der Waals surface area contributed by atoms with Gasteiger partial charge < -0.3 is 5.73 Å². The van der Waals surface area contributed by atoms with Gasteiger partial charge in [-0.25, -0.2) is 0 Å². The molecule has 0 aliphatic carbocycles. The number of amidine groups is 1. The van der Waals surface area contributed by atoms with E-state index in [2.05, 4.69) is 18.9 Å². The molecule has 0 radical (unpaired) electrons. The number of hydrogen-bond acceptors (Lipinski definition) is 4. The predicted molar refractivity (Wildman–Crippen MR) is 83.7 cm³/mol. The van der Waals surface area contributed by atoms with E-state index < -0.39 is 4.75 Å². The summed E-state index contributed by atoms with van der Waals surface area (Å²) in [5, 5.41) is 5.75. The zero-order valence-corrected chi connectivity index (χ0v) is 12.4. The Balaban J connectivity index is 1.98. The number of hydrogen-bond donors (Lipinski definition) is 1. The van der Waals surface area contributed by atoms with E-state index in [0.29, 0.717) is 12.3 Å². The second kappa shape index (κ2) is 4.66. The van der Waals surface area contributed by atoms with Crippen LogP contribution in [0.15, 0.2) is 46.6 Å². The average molecular weight is 287 g/mol. The van der Waals surface area contributed by atoms with Gasteiger partial charge in [0.1, 0.15) is 5.84 Å². The number of carbonyl (C=O) groups is 1. The first-order chi connectivity index (χ1) is 9.54. The number of amides is 1. The third-order valence-electron chi connectivity index (χ3n) is 3.94. The highest BCUT2D eigenvalue weighted by atomic mass is 32.2. The molecule has 0 fully saturated rings. The number of allylic oxidation sites excluding steroid dienone is 1. The van der Waals surface area contributed by atoms with Gasteiger partial charge in [0, 0.05) is 5.75 Å². The van der Waals surface area contributed by atoms with E-state index in [1.807, 2.05) is 30.3 Å². The Morgan fingerprint density at radius 2 is 1.95 bits per heavy atom. The van der Waals surface area contributed by atoms with E-state index in [0.717, 1.165) is 11.4 Å².